The highest BCUT2D eigenvalue weighted by atomic mass is 35.5. The first-order chi connectivity index (χ1) is 5.65. The Balaban J connectivity index is 3.04. The van der Waals surface area contributed by atoms with Gasteiger partial charge in [-0.05, 0) is 17.7 Å². The van der Waals surface area contributed by atoms with Crippen molar-refractivity contribution >= 4 is 17.9 Å². The summed E-state index contributed by atoms with van der Waals surface area (Å²) in [5.41, 5.74) is -0.0214. The van der Waals surface area contributed by atoms with Crippen LogP contribution in [0, 0.1) is 5.82 Å². The van der Waals surface area contributed by atoms with E-state index in [1.807, 2.05) is 0 Å². The summed E-state index contributed by atoms with van der Waals surface area (Å²) >= 11 is 5.34. The van der Waals surface area contributed by atoms with Crippen LogP contribution >= 0.6 is 11.6 Å². The van der Waals surface area contributed by atoms with Crippen LogP contribution in [0.2, 0.25) is 5.02 Å². The second kappa shape index (κ2) is 3.63. The molecule has 0 saturated heterocycles. The smallest absolute Gasteiger partial charge is 0.180 e. The fraction of sp³-hybridized carbons (Fsp3) is 0.125. The zero-order chi connectivity index (χ0) is 9.14. The van der Waals surface area contributed by atoms with E-state index in [0.717, 1.165) is 6.07 Å². The molecule has 0 spiro atoms. The summed E-state index contributed by atoms with van der Waals surface area (Å²) in [6.07, 6.45) is -1.68. The summed E-state index contributed by atoms with van der Waals surface area (Å²) in [6.45, 7) is 0. The average molecular weight is 191 g/mol. The van der Waals surface area contributed by atoms with Crippen molar-refractivity contribution < 1.29 is 13.6 Å². The Morgan fingerprint density at radius 2 is 2.17 bits per heavy atom. The molecule has 64 valence electrons. The van der Waals surface area contributed by atoms with Gasteiger partial charge in [0, 0.05) is 0 Å². The van der Waals surface area contributed by atoms with E-state index in [2.05, 4.69) is 0 Å². The number of alkyl halides is 1. The van der Waals surface area contributed by atoms with Crippen LogP contribution < -0.4 is 0 Å². The normalized spacial score (nSPS) is 12.6. The topological polar surface area (TPSA) is 17.1 Å². The van der Waals surface area contributed by atoms with Crippen molar-refractivity contribution in [1.29, 1.82) is 0 Å². The maximum atomic E-state index is 12.7. The van der Waals surface area contributed by atoms with Gasteiger partial charge in [0.2, 0.25) is 0 Å². The molecule has 0 heterocycles. The van der Waals surface area contributed by atoms with Gasteiger partial charge in [0.05, 0.1) is 5.02 Å². The zero-order valence-corrected chi connectivity index (χ0v) is 6.68. The van der Waals surface area contributed by atoms with Crippen molar-refractivity contribution in [1.82, 2.24) is 0 Å². The predicted molar refractivity (Wildman–Crippen MR) is 41.3 cm³/mol. The monoisotopic (exact) mass is 190 g/mol. The van der Waals surface area contributed by atoms with Crippen molar-refractivity contribution in [2.75, 3.05) is 0 Å². The lowest BCUT2D eigenvalue weighted by atomic mass is 10.1. The van der Waals surface area contributed by atoms with Crippen LogP contribution in [0.1, 0.15) is 11.7 Å². The van der Waals surface area contributed by atoms with E-state index in [4.69, 9.17) is 11.6 Å². The van der Waals surface area contributed by atoms with Crippen LogP contribution in [-0.2, 0) is 4.79 Å². The summed E-state index contributed by atoms with van der Waals surface area (Å²) in [7, 11) is 0. The van der Waals surface area contributed by atoms with Crippen molar-refractivity contribution in [3.8, 4) is 0 Å². The quantitative estimate of drug-likeness (QED) is 0.656. The summed E-state index contributed by atoms with van der Waals surface area (Å²) < 4.78 is 25.3. The molecule has 1 unspecified atom stereocenters. The standard InChI is InChI=1S/C8H5ClF2O/c9-6-2-1-5(3-7(6)10)8(11)4-12/h1-4,8H. The molecule has 0 aliphatic heterocycles. The van der Waals surface area contributed by atoms with Crippen LogP contribution in [-0.4, -0.2) is 6.29 Å². The molecule has 1 rings (SSSR count). The molecule has 0 fully saturated rings. The second-order valence-electron chi connectivity index (χ2n) is 2.21. The molecule has 4 heteroatoms. The van der Waals surface area contributed by atoms with Gasteiger partial charge in [-0.15, -0.1) is 0 Å². The number of hydrogen-bond acceptors (Lipinski definition) is 1. The van der Waals surface area contributed by atoms with Gasteiger partial charge in [0.15, 0.2) is 12.5 Å². The Labute approximate surface area is 73.0 Å². The number of rotatable bonds is 2. The van der Waals surface area contributed by atoms with Crippen molar-refractivity contribution in [3.05, 3.63) is 34.6 Å². The number of halogens is 3. The van der Waals surface area contributed by atoms with Gasteiger partial charge >= 0.3 is 0 Å². The molecule has 0 aliphatic rings. The van der Waals surface area contributed by atoms with Crippen molar-refractivity contribution in [3.63, 3.8) is 0 Å². The summed E-state index contributed by atoms with van der Waals surface area (Å²) in [5.74, 6) is -0.723. The number of carbonyl (C=O) groups excluding carboxylic acids is 1. The van der Waals surface area contributed by atoms with E-state index >= 15 is 0 Å². The molecular weight excluding hydrogens is 186 g/mol. The Morgan fingerprint density at radius 1 is 1.50 bits per heavy atom. The van der Waals surface area contributed by atoms with Crippen LogP contribution in [0.15, 0.2) is 18.2 Å². The SMILES string of the molecule is O=CC(F)c1ccc(Cl)c(F)c1. The van der Waals surface area contributed by atoms with Gasteiger partial charge in [-0.25, -0.2) is 8.78 Å². The molecule has 1 aromatic carbocycles. The minimum Gasteiger partial charge on any atom is -0.300 e. The molecule has 0 saturated carbocycles. The Morgan fingerprint density at radius 3 is 2.67 bits per heavy atom. The molecule has 0 N–H and O–H groups in total. The second-order valence-corrected chi connectivity index (χ2v) is 2.62. The van der Waals surface area contributed by atoms with Gasteiger partial charge in [0.25, 0.3) is 0 Å². The third kappa shape index (κ3) is 1.80. The number of aldehydes is 1. The fourth-order valence-corrected chi connectivity index (χ4v) is 0.880. The van der Waals surface area contributed by atoms with Crippen molar-refractivity contribution in [2.24, 2.45) is 0 Å². The largest absolute Gasteiger partial charge is 0.300 e. The predicted octanol–water partition coefficient (Wildman–Crippen LogP) is 2.69. The van der Waals surface area contributed by atoms with Crippen LogP contribution in [0.5, 0.6) is 0 Å². The first-order valence-corrected chi connectivity index (χ1v) is 3.57. The Bertz CT molecular complexity index is 301. The molecular formula is C8H5ClF2O. The van der Waals surface area contributed by atoms with Gasteiger partial charge in [-0.1, -0.05) is 17.7 Å². The van der Waals surface area contributed by atoms with E-state index in [1.54, 1.807) is 0 Å². The highest BCUT2D eigenvalue weighted by Gasteiger charge is 2.09. The molecule has 0 aliphatic carbocycles. The summed E-state index contributed by atoms with van der Waals surface area (Å²) in [4.78, 5) is 9.97. The van der Waals surface area contributed by atoms with E-state index in [1.165, 1.54) is 12.1 Å². The molecule has 1 atom stereocenters. The zero-order valence-electron chi connectivity index (χ0n) is 5.93. The summed E-state index contributed by atoms with van der Waals surface area (Å²) in [6, 6.07) is 3.38. The first kappa shape index (κ1) is 9.13. The van der Waals surface area contributed by atoms with Gasteiger partial charge in [-0.2, -0.15) is 0 Å². The average Bonchev–Trinajstić information content (AvgIpc) is 2.08. The summed E-state index contributed by atoms with van der Waals surface area (Å²) in [5, 5.41) is -0.0863. The lowest BCUT2D eigenvalue weighted by Gasteiger charge is -2.00. The molecule has 1 aromatic rings. The molecule has 0 radical (unpaired) electrons. The fourth-order valence-electron chi connectivity index (χ4n) is 0.762. The molecule has 12 heavy (non-hydrogen) atoms. The molecule has 0 amide bonds. The molecule has 0 bridgehead atoms. The van der Waals surface area contributed by atoms with Crippen LogP contribution in [0.4, 0.5) is 8.78 Å². The van der Waals surface area contributed by atoms with Crippen molar-refractivity contribution in [2.45, 2.75) is 6.17 Å². The maximum Gasteiger partial charge on any atom is 0.180 e. The lowest BCUT2D eigenvalue weighted by Crippen LogP contribution is -1.93. The minimum absolute atomic E-state index is 0.0214. The maximum absolute atomic E-state index is 12.7. The number of carbonyl (C=O) groups is 1. The third-order valence-electron chi connectivity index (χ3n) is 1.38. The molecule has 1 nitrogen and oxygen atoms in total. The van der Waals surface area contributed by atoms with Crippen LogP contribution in [0.25, 0.3) is 0 Å². The molecule has 0 aromatic heterocycles. The van der Waals surface area contributed by atoms with Gasteiger partial charge in [0.1, 0.15) is 5.82 Å². The van der Waals surface area contributed by atoms with E-state index in [-0.39, 0.29) is 16.9 Å². The highest BCUT2D eigenvalue weighted by Crippen LogP contribution is 2.20. The minimum atomic E-state index is -1.78. The highest BCUT2D eigenvalue weighted by molar-refractivity contribution is 6.30. The third-order valence-corrected chi connectivity index (χ3v) is 1.69. The lowest BCUT2D eigenvalue weighted by molar-refractivity contribution is -0.112. The van der Waals surface area contributed by atoms with E-state index < -0.39 is 12.0 Å². The van der Waals surface area contributed by atoms with E-state index in [0.29, 0.717) is 0 Å². The Hall–Kier alpha value is -0.960. The van der Waals surface area contributed by atoms with Crippen LogP contribution in [0.3, 0.4) is 0 Å². The first-order valence-electron chi connectivity index (χ1n) is 3.19. The Kier molecular flexibility index (Phi) is 2.76. The number of benzene rings is 1. The van der Waals surface area contributed by atoms with Gasteiger partial charge in [-0.3, -0.25) is 4.79 Å². The number of hydrogen-bond donors (Lipinski definition) is 0. The van der Waals surface area contributed by atoms with Gasteiger partial charge < -0.3 is 0 Å². The van der Waals surface area contributed by atoms with E-state index in [9.17, 15) is 13.6 Å².